The molecule has 0 spiro atoms. The lowest BCUT2D eigenvalue weighted by atomic mass is 10.0. The van der Waals surface area contributed by atoms with Crippen molar-refractivity contribution in [2.75, 3.05) is 6.61 Å². The lowest BCUT2D eigenvalue weighted by Gasteiger charge is -2.13. The Balaban J connectivity index is 1.99. The topological polar surface area (TPSA) is 40.5 Å². The van der Waals surface area contributed by atoms with Crippen molar-refractivity contribution >= 4 is 0 Å². The molecule has 2 nitrogen and oxygen atoms in total. The second-order valence-electron chi connectivity index (χ2n) is 3.33. The molecule has 2 aliphatic rings. The third-order valence-corrected chi connectivity index (χ3v) is 2.74. The predicted molar refractivity (Wildman–Crippen MR) is 32.8 cm³/mol. The van der Waals surface area contributed by atoms with Gasteiger partial charge in [0.25, 0.3) is 0 Å². The molecular weight excluding hydrogens is 116 g/mol. The molecule has 2 aliphatic carbocycles. The third kappa shape index (κ3) is 0.700. The van der Waals surface area contributed by atoms with E-state index in [1.807, 2.05) is 0 Å². The van der Waals surface area contributed by atoms with E-state index in [1.165, 1.54) is 6.42 Å². The summed E-state index contributed by atoms with van der Waals surface area (Å²) in [5, 5.41) is 18.1. The van der Waals surface area contributed by atoms with E-state index < -0.39 is 0 Å². The number of aliphatic hydroxyl groups is 2. The third-order valence-electron chi connectivity index (χ3n) is 2.74. The van der Waals surface area contributed by atoms with Crippen LogP contribution in [0.2, 0.25) is 0 Å². The lowest BCUT2D eigenvalue weighted by molar-refractivity contribution is 0.0706. The van der Waals surface area contributed by atoms with Crippen molar-refractivity contribution in [3.05, 3.63) is 0 Å². The van der Waals surface area contributed by atoms with Gasteiger partial charge in [-0.15, -0.1) is 0 Å². The molecule has 4 atom stereocenters. The van der Waals surface area contributed by atoms with Gasteiger partial charge in [-0.1, -0.05) is 0 Å². The van der Waals surface area contributed by atoms with Gasteiger partial charge < -0.3 is 10.2 Å². The lowest BCUT2D eigenvalue weighted by Crippen LogP contribution is -2.20. The molecule has 2 heteroatoms. The Morgan fingerprint density at radius 1 is 1.33 bits per heavy atom. The van der Waals surface area contributed by atoms with Crippen molar-refractivity contribution in [3.63, 3.8) is 0 Å². The molecule has 0 bridgehead atoms. The maximum atomic E-state index is 9.34. The Labute approximate surface area is 54.5 Å². The molecule has 2 rings (SSSR count). The van der Waals surface area contributed by atoms with Crippen LogP contribution in [0.3, 0.4) is 0 Å². The Morgan fingerprint density at radius 3 is 2.44 bits per heavy atom. The molecule has 0 amide bonds. The highest BCUT2D eigenvalue weighted by atomic mass is 16.3. The quantitative estimate of drug-likeness (QED) is 0.521. The fourth-order valence-corrected chi connectivity index (χ4v) is 2.02. The van der Waals surface area contributed by atoms with Gasteiger partial charge in [0.05, 0.1) is 6.10 Å². The van der Waals surface area contributed by atoms with E-state index >= 15 is 0 Å². The number of fused-ring (bicyclic) bond motifs is 1. The van der Waals surface area contributed by atoms with E-state index in [-0.39, 0.29) is 18.6 Å². The molecular formula is C7H12O2. The van der Waals surface area contributed by atoms with Crippen LogP contribution in [0.4, 0.5) is 0 Å². The zero-order valence-corrected chi connectivity index (χ0v) is 5.33. The van der Waals surface area contributed by atoms with E-state index in [0.717, 1.165) is 12.3 Å². The summed E-state index contributed by atoms with van der Waals surface area (Å²) >= 11 is 0. The molecule has 2 fully saturated rings. The van der Waals surface area contributed by atoms with E-state index in [1.54, 1.807) is 0 Å². The van der Waals surface area contributed by atoms with Crippen LogP contribution in [0.15, 0.2) is 0 Å². The number of hydrogen-bond donors (Lipinski definition) is 2. The van der Waals surface area contributed by atoms with Crippen molar-refractivity contribution in [2.24, 2.45) is 17.8 Å². The average Bonchev–Trinajstić information content (AvgIpc) is 2.55. The summed E-state index contributed by atoms with van der Waals surface area (Å²) in [5.74, 6) is 1.52. The minimum Gasteiger partial charge on any atom is -0.396 e. The van der Waals surface area contributed by atoms with Gasteiger partial charge in [-0.25, -0.2) is 0 Å². The van der Waals surface area contributed by atoms with Crippen LogP contribution < -0.4 is 0 Å². The maximum absolute atomic E-state index is 9.34. The van der Waals surface area contributed by atoms with Crippen LogP contribution in [-0.4, -0.2) is 22.9 Å². The molecule has 0 aliphatic heterocycles. The van der Waals surface area contributed by atoms with Crippen molar-refractivity contribution < 1.29 is 10.2 Å². The van der Waals surface area contributed by atoms with Gasteiger partial charge in [0, 0.05) is 12.5 Å². The fraction of sp³-hybridized carbons (Fsp3) is 1.00. The van der Waals surface area contributed by atoms with E-state index in [2.05, 4.69) is 0 Å². The van der Waals surface area contributed by atoms with Gasteiger partial charge >= 0.3 is 0 Å². The van der Waals surface area contributed by atoms with Crippen LogP contribution >= 0.6 is 0 Å². The van der Waals surface area contributed by atoms with Crippen LogP contribution in [0, 0.1) is 17.8 Å². The molecule has 0 heterocycles. The van der Waals surface area contributed by atoms with Crippen LogP contribution in [0.1, 0.15) is 12.8 Å². The summed E-state index contributed by atoms with van der Waals surface area (Å²) in [4.78, 5) is 0. The van der Waals surface area contributed by atoms with E-state index in [0.29, 0.717) is 5.92 Å². The SMILES string of the molecule is OC[C@@H]1CC2C[C@@H]2[C@@H]1O. The van der Waals surface area contributed by atoms with Crippen LogP contribution in [-0.2, 0) is 0 Å². The van der Waals surface area contributed by atoms with E-state index in [9.17, 15) is 5.11 Å². The highest BCUT2D eigenvalue weighted by molar-refractivity contribution is 5.01. The molecule has 2 saturated carbocycles. The first-order chi connectivity index (χ1) is 4.33. The molecule has 0 aromatic heterocycles. The van der Waals surface area contributed by atoms with Gasteiger partial charge in [0.15, 0.2) is 0 Å². The summed E-state index contributed by atoms with van der Waals surface area (Å²) in [6, 6.07) is 0. The first-order valence-corrected chi connectivity index (χ1v) is 3.62. The monoisotopic (exact) mass is 128 g/mol. The minimum atomic E-state index is -0.181. The summed E-state index contributed by atoms with van der Waals surface area (Å²) < 4.78 is 0. The molecule has 0 radical (unpaired) electrons. The molecule has 0 saturated heterocycles. The van der Waals surface area contributed by atoms with Crippen LogP contribution in [0.25, 0.3) is 0 Å². The summed E-state index contributed by atoms with van der Waals surface area (Å²) in [6.45, 7) is 0.175. The Hall–Kier alpha value is -0.0800. The number of rotatable bonds is 1. The second-order valence-corrected chi connectivity index (χ2v) is 3.33. The van der Waals surface area contributed by atoms with Gasteiger partial charge in [0.2, 0.25) is 0 Å². The maximum Gasteiger partial charge on any atom is 0.0621 e. The number of aliphatic hydroxyl groups excluding tert-OH is 2. The number of hydrogen-bond acceptors (Lipinski definition) is 2. The Morgan fingerprint density at radius 2 is 2.11 bits per heavy atom. The normalized spacial score (nSPS) is 55.3. The summed E-state index contributed by atoms with van der Waals surface area (Å²) in [6.07, 6.45) is 2.08. The van der Waals surface area contributed by atoms with Gasteiger partial charge in [-0.05, 0) is 24.7 Å². The first-order valence-electron chi connectivity index (χ1n) is 3.62. The van der Waals surface area contributed by atoms with Crippen molar-refractivity contribution in [1.29, 1.82) is 0 Å². The predicted octanol–water partition coefficient (Wildman–Crippen LogP) is -0.00440. The molecule has 0 aromatic rings. The van der Waals surface area contributed by atoms with E-state index in [4.69, 9.17) is 5.11 Å². The standard InChI is InChI=1S/C7H12O2/c8-3-5-1-4-2-6(4)7(5)9/h4-9H,1-3H2/t4?,5-,6-,7+/m0/s1. The summed E-state index contributed by atoms with van der Waals surface area (Å²) in [7, 11) is 0. The highest BCUT2D eigenvalue weighted by Gasteiger charge is 2.52. The Bertz CT molecular complexity index is 124. The molecule has 2 N–H and O–H groups in total. The molecule has 1 unspecified atom stereocenters. The molecule has 52 valence electrons. The van der Waals surface area contributed by atoms with Gasteiger partial charge in [0.1, 0.15) is 0 Å². The van der Waals surface area contributed by atoms with Crippen LogP contribution in [0.5, 0.6) is 0 Å². The Kier molecular flexibility index (Phi) is 1.08. The first kappa shape index (κ1) is 5.69. The average molecular weight is 128 g/mol. The smallest absolute Gasteiger partial charge is 0.0621 e. The van der Waals surface area contributed by atoms with Gasteiger partial charge in [-0.3, -0.25) is 0 Å². The molecule has 9 heavy (non-hydrogen) atoms. The zero-order valence-electron chi connectivity index (χ0n) is 5.33. The van der Waals surface area contributed by atoms with Crippen molar-refractivity contribution in [2.45, 2.75) is 18.9 Å². The second kappa shape index (κ2) is 1.70. The highest BCUT2D eigenvalue weighted by Crippen LogP contribution is 2.54. The fourth-order valence-electron chi connectivity index (χ4n) is 2.02. The minimum absolute atomic E-state index is 0.175. The summed E-state index contributed by atoms with van der Waals surface area (Å²) in [5.41, 5.74) is 0. The molecule has 0 aromatic carbocycles. The largest absolute Gasteiger partial charge is 0.396 e. The zero-order chi connectivity index (χ0) is 6.43. The van der Waals surface area contributed by atoms with Crippen molar-refractivity contribution in [1.82, 2.24) is 0 Å². The van der Waals surface area contributed by atoms with Crippen molar-refractivity contribution in [3.8, 4) is 0 Å². The van der Waals surface area contributed by atoms with Gasteiger partial charge in [-0.2, -0.15) is 0 Å².